The third kappa shape index (κ3) is 2.87. The molecular formula is C20H23N5O3. The molecule has 1 aromatic heterocycles. The van der Waals surface area contributed by atoms with Gasteiger partial charge in [-0.15, -0.1) is 5.10 Å². The fourth-order valence-corrected chi connectivity index (χ4v) is 5.17. The molecule has 3 atom stereocenters. The molecule has 3 aliphatic heterocycles. The molecule has 4 heterocycles. The fourth-order valence-electron chi connectivity index (χ4n) is 5.17. The molecule has 0 aliphatic carbocycles. The molecule has 0 spiro atoms. The molecule has 3 aliphatic rings. The van der Waals surface area contributed by atoms with Crippen LogP contribution in [0, 0.1) is 11.8 Å². The normalized spacial score (nSPS) is 27.0. The Morgan fingerprint density at radius 1 is 1.14 bits per heavy atom. The van der Waals surface area contributed by atoms with Gasteiger partial charge in [-0.1, -0.05) is 17.3 Å². The third-order valence-electron chi connectivity index (χ3n) is 6.45. The lowest BCUT2D eigenvalue weighted by Crippen LogP contribution is -2.61. The molecule has 8 heteroatoms. The van der Waals surface area contributed by atoms with Crippen molar-refractivity contribution in [2.75, 3.05) is 19.6 Å². The molecule has 2 amide bonds. The van der Waals surface area contributed by atoms with Crippen molar-refractivity contribution < 1.29 is 9.59 Å². The zero-order valence-electron chi connectivity index (χ0n) is 15.7. The van der Waals surface area contributed by atoms with Crippen LogP contribution in [0.5, 0.6) is 0 Å². The lowest BCUT2D eigenvalue weighted by molar-refractivity contribution is -0.149. The molecule has 1 aromatic carbocycles. The minimum absolute atomic E-state index is 0.0938. The van der Waals surface area contributed by atoms with Crippen molar-refractivity contribution in [3.63, 3.8) is 0 Å². The fraction of sp³-hybridized carbons (Fsp3) is 0.550. The van der Waals surface area contributed by atoms with Gasteiger partial charge in [-0.3, -0.25) is 14.4 Å². The second-order valence-electron chi connectivity index (χ2n) is 8.24. The van der Waals surface area contributed by atoms with Crippen LogP contribution in [0.1, 0.15) is 25.7 Å². The van der Waals surface area contributed by atoms with Crippen molar-refractivity contribution in [2.24, 2.45) is 11.8 Å². The van der Waals surface area contributed by atoms with Crippen LogP contribution in [0.2, 0.25) is 0 Å². The van der Waals surface area contributed by atoms with E-state index < -0.39 is 0 Å². The monoisotopic (exact) mass is 381 g/mol. The maximum Gasteiger partial charge on any atom is 0.278 e. The van der Waals surface area contributed by atoms with Gasteiger partial charge >= 0.3 is 0 Å². The van der Waals surface area contributed by atoms with Crippen molar-refractivity contribution in [1.82, 2.24) is 24.8 Å². The molecule has 1 unspecified atom stereocenters. The summed E-state index contributed by atoms with van der Waals surface area (Å²) < 4.78 is 1.16. The third-order valence-corrected chi connectivity index (χ3v) is 6.45. The highest BCUT2D eigenvalue weighted by Gasteiger charge is 2.44. The summed E-state index contributed by atoms with van der Waals surface area (Å²) in [5.74, 6) is 0.821. The Hall–Kier alpha value is -2.77. The van der Waals surface area contributed by atoms with E-state index in [9.17, 15) is 14.4 Å². The summed E-state index contributed by atoms with van der Waals surface area (Å²) in [6, 6.07) is 7.28. The molecule has 3 saturated heterocycles. The SMILES string of the molecule is O=C(Cn1nnc2ccccc2c1=O)N1C[C@@H]2C[C@@H](C1)C1CCCC(=O)N1C2. The first-order valence-corrected chi connectivity index (χ1v) is 10.00. The lowest BCUT2D eigenvalue weighted by Gasteiger charge is -2.52. The van der Waals surface area contributed by atoms with Gasteiger partial charge in [0.25, 0.3) is 5.56 Å². The smallest absolute Gasteiger partial charge is 0.278 e. The second kappa shape index (κ2) is 6.68. The summed E-state index contributed by atoms with van der Waals surface area (Å²) in [5, 5.41) is 8.47. The van der Waals surface area contributed by atoms with E-state index in [0.29, 0.717) is 42.2 Å². The van der Waals surface area contributed by atoms with Crippen molar-refractivity contribution in [2.45, 2.75) is 38.3 Å². The molecule has 0 radical (unpaired) electrons. The summed E-state index contributed by atoms with van der Waals surface area (Å²) in [7, 11) is 0. The maximum atomic E-state index is 12.9. The zero-order valence-corrected chi connectivity index (χ0v) is 15.7. The zero-order chi connectivity index (χ0) is 19.3. The van der Waals surface area contributed by atoms with E-state index in [1.165, 1.54) is 0 Å². The van der Waals surface area contributed by atoms with Gasteiger partial charge in [0.15, 0.2) is 0 Å². The Morgan fingerprint density at radius 3 is 2.89 bits per heavy atom. The Balaban J connectivity index is 1.34. The number of amides is 2. The van der Waals surface area contributed by atoms with E-state index in [4.69, 9.17) is 0 Å². The number of hydrogen-bond donors (Lipinski definition) is 0. The number of nitrogens with zero attached hydrogens (tertiary/aromatic N) is 5. The largest absolute Gasteiger partial charge is 0.340 e. The van der Waals surface area contributed by atoms with E-state index in [1.807, 2.05) is 4.90 Å². The van der Waals surface area contributed by atoms with Crippen LogP contribution >= 0.6 is 0 Å². The molecule has 2 aromatic rings. The van der Waals surface area contributed by atoms with E-state index in [0.717, 1.165) is 30.5 Å². The van der Waals surface area contributed by atoms with Crippen LogP contribution in [0.4, 0.5) is 0 Å². The number of benzene rings is 1. The highest BCUT2D eigenvalue weighted by Crippen LogP contribution is 2.37. The quantitative estimate of drug-likeness (QED) is 0.762. The number of carbonyl (C=O) groups is 2. The van der Waals surface area contributed by atoms with Crippen LogP contribution in [-0.2, 0) is 16.1 Å². The number of rotatable bonds is 2. The molecule has 28 heavy (non-hydrogen) atoms. The summed E-state index contributed by atoms with van der Waals surface area (Å²) in [4.78, 5) is 41.7. The van der Waals surface area contributed by atoms with Gasteiger partial charge in [0.05, 0.1) is 5.39 Å². The van der Waals surface area contributed by atoms with Crippen molar-refractivity contribution in [3.05, 3.63) is 34.6 Å². The average molecular weight is 381 g/mol. The minimum Gasteiger partial charge on any atom is -0.340 e. The first-order chi connectivity index (χ1) is 13.6. The molecule has 146 valence electrons. The average Bonchev–Trinajstić information content (AvgIpc) is 2.71. The first kappa shape index (κ1) is 17.3. The number of hydrogen-bond acceptors (Lipinski definition) is 5. The maximum absolute atomic E-state index is 12.9. The second-order valence-corrected chi connectivity index (χ2v) is 8.24. The van der Waals surface area contributed by atoms with Crippen LogP contribution < -0.4 is 5.56 Å². The van der Waals surface area contributed by atoms with Gasteiger partial charge in [-0.25, -0.2) is 4.68 Å². The van der Waals surface area contributed by atoms with Gasteiger partial charge in [0.1, 0.15) is 12.1 Å². The van der Waals surface area contributed by atoms with Crippen LogP contribution in [0.25, 0.3) is 10.9 Å². The molecule has 0 N–H and O–H groups in total. The summed E-state index contributed by atoms with van der Waals surface area (Å²) in [6.45, 7) is 1.95. The van der Waals surface area contributed by atoms with Crippen molar-refractivity contribution in [3.8, 4) is 0 Å². The first-order valence-electron chi connectivity index (χ1n) is 10.00. The summed E-state index contributed by atoms with van der Waals surface area (Å²) in [6.07, 6.45) is 3.70. The highest BCUT2D eigenvalue weighted by atomic mass is 16.2. The number of carbonyl (C=O) groups excluding carboxylic acids is 2. The highest BCUT2D eigenvalue weighted by molar-refractivity contribution is 5.79. The van der Waals surface area contributed by atoms with Crippen molar-refractivity contribution in [1.29, 1.82) is 0 Å². The van der Waals surface area contributed by atoms with Gasteiger partial charge < -0.3 is 9.80 Å². The van der Waals surface area contributed by atoms with E-state index >= 15 is 0 Å². The van der Waals surface area contributed by atoms with Crippen molar-refractivity contribution >= 4 is 22.7 Å². The van der Waals surface area contributed by atoms with Gasteiger partial charge in [0, 0.05) is 32.1 Å². The predicted octanol–water partition coefficient (Wildman–Crippen LogP) is 0.651. The Morgan fingerprint density at radius 2 is 2.00 bits per heavy atom. The molecule has 2 bridgehead atoms. The van der Waals surface area contributed by atoms with Gasteiger partial charge in [-0.05, 0) is 43.2 Å². The molecular weight excluding hydrogens is 358 g/mol. The molecule has 3 fully saturated rings. The van der Waals surface area contributed by atoms with E-state index in [2.05, 4.69) is 15.2 Å². The lowest BCUT2D eigenvalue weighted by atomic mass is 9.76. The Labute approximate surface area is 162 Å². The Kier molecular flexibility index (Phi) is 4.14. The molecule has 5 rings (SSSR count). The minimum atomic E-state index is -0.291. The van der Waals surface area contributed by atoms with Gasteiger partial charge in [-0.2, -0.15) is 0 Å². The number of piperidine rings is 3. The van der Waals surface area contributed by atoms with E-state index in [1.54, 1.807) is 24.3 Å². The van der Waals surface area contributed by atoms with Gasteiger partial charge in [0.2, 0.25) is 11.8 Å². The number of aromatic nitrogens is 3. The molecule has 0 saturated carbocycles. The summed E-state index contributed by atoms with van der Waals surface area (Å²) in [5.41, 5.74) is 0.242. The van der Waals surface area contributed by atoms with E-state index in [-0.39, 0.29) is 30.0 Å². The number of fused-ring (bicyclic) bond motifs is 5. The predicted molar refractivity (Wildman–Crippen MR) is 101 cm³/mol. The topological polar surface area (TPSA) is 88.4 Å². The van der Waals surface area contributed by atoms with Crippen LogP contribution in [0.3, 0.4) is 0 Å². The molecule has 8 nitrogen and oxygen atoms in total. The number of likely N-dealkylation sites (tertiary alicyclic amines) is 1. The Bertz CT molecular complexity index is 1000. The standard InChI is InChI=1S/C20H23N5O3/c26-18-7-3-6-17-14-8-13(10-24(17)18)9-23(11-14)19(27)12-25-20(28)15-4-1-2-5-16(15)21-22-25/h1-2,4-5,13-14,17H,3,6-12H2/t13-,14-,17?/m0/s1. The van der Waals surface area contributed by atoms with Crippen LogP contribution in [-0.4, -0.2) is 62.3 Å². The summed E-state index contributed by atoms with van der Waals surface area (Å²) >= 11 is 0. The van der Waals surface area contributed by atoms with Crippen LogP contribution in [0.15, 0.2) is 29.1 Å².